The van der Waals surface area contributed by atoms with Crippen LogP contribution >= 0.6 is 0 Å². The maximum atomic E-state index is 11.1. The van der Waals surface area contributed by atoms with Crippen LogP contribution < -0.4 is 4.74 Å². The number of hydrogen-bond donors (Lipinski definition) is 1. The third-order valence-electron chi connectivity index (χ3n) is 2.92. The van der Waals surface area contributed by atoms with Crippen LogP contribution in [-0.4, -0.2) is 17.7 Å². The molecule has 0 saturated heterocycles. The molecule has 0 spiro atoms. The van der Waals surface area contributed by atoms with Gasteiger partial charge in [0, 0.05) is 0 Å². The Balaban J connectivity index is 2.35. The number of aromatic carboxylic acids is 1. The maximum Gasteiger partial charge on any atom is 0.335 e. The van der Waals surface area contributed by atoms with E-state index in [1.54, 1.807) is 6.07 Å². The maximum absolute atomic E-state index is 11.1. The number of benzene rings is 1. The van der Waals surface area contributed by atoms with E-state index in [4.69, 9.17) is 14.3 Å². The van der Waals surface area contributed by atoms with Crippen LogP contribution in [0.2, 0.25) is 0 Å². The highest BCUT2D eigenvalue weighted by atomic mass is 16.5. The van der Waals surface area contributed by atoms with Crippen molar-refractivity contribution in [3.63, 3.8) is 0 Å². The van der Waals surface area contributed by atoms with Crippen molar-refractivity contribution < 1.29 is 19.1 Å². The van der Waals surface area contributed by atoms with Gasteiger partial charge in [-0.3, -0.25) is 0 Å². The van der Waals surface area contributed by atoms with Gasteiger partial charge in [0.1, 0.15) is 17.1 Å². The van der Waals surface area contributed by atoms with E-state index in [2.05, 4.69) is 13.8 Å². The Kier molecular flexibility index (Phi) is 3.79. The molecule has 0 bridgehead atoms. The molecule has 0 fully saturated rings. The third kappa shape index (κ3) is 3.08. The van der Waals surface area contributed by atoms with Gasteiger partial charge in [-0.2, -0.15) is 0 Å². The third-order valence-corrected chi connectivity index (χ3v) is 2.92. The monoisotopic (exact) mass is 262 g/mol. The number of carbonyl (C=O) groups is 1. The van der Waals surface area contributed by atoms with Crippen molar-refractivity contribution in [1.82, 2.24) is 0 Å². The highest BCUT2D eigenvalue weighted by Gasteiger charge is 2.13. The van der Waals surface area contributed by atoms with E-state index in [1.807, 2.05) is 13.0 Å². The zero-order valence-corrected chi connectivity index (χ0v) is 11.4. The van der Waals surface area contributed by atoms with Gasteiger partial charge in [-0.05, 0) is 37.5 Å². The number of rotatable bonds is 5. The summed E-state index contributed by atoms with van der Waals surface area (Å²) in [5.41, 5.74) is 0.735. The molecule has 0 unspecified atom stereocenters. The minimum Gasteiger partial charge on any atom is -0.493 e. The summed E-state index contributed by atoms with van der Waals surface area (Å²) in [5.74, 6) is 0.882. The summed E-state index contributed by atoms with van der Waals surface area (Å²) in [6.45, 7) is 6.64. The lowest BCUT2D eigenvalue weighted by molar-refractivity contribution is 0.0696. The fourth-order valence-corrected chi connectivity index (χ4v) is 1.88. The molecule has 2 rings (SSSR count). The topological polar surface area (TPSA) is 59.7 Å². The second-order valence-electron chi connectivity index (χ2n) is 5.08. The first kappa shape index (κ1) is 13.5. The molecule has 0 aliphatic rings. The van der Waals surface area contributed by atoms with E-state index < -0.39 is 5.97 Å². The number of ether oxygens (including phenoxy) is 1. The molecular weight excluding hydrogens is 244 g/mol. The van der Waals surface area contributed by atoms with E-state index in [0.717, 1.165) is 17.6 Å². The van der Waals surface area contributed by atoms with Crippen molar-refractivity contribution in [2.45, 2.75) is 27.2 Å². The Morgan fingerprint density at radius 1 is 1.37 bits per heavy atom. The van der Waals surface area contributed by atoms with Crippen molar-refractivity contribution in [3.8, 4) is 5.75 Å². The molecule has 0 amide bonds. The van der Waals surface area contributed by atoms with E-state index in [1.165, 1.54) is 6.07 Å². The minimum atomic E-state index is -0.982. The summed E-state index contributed by atoms with van der Waals surface area (Å²) in [6.07, 6.45) is 0.926. The van der Waals surface area contributed by atoms with Crippen LogP contribution in [0.4, 0.5) is 0 Å². The molecule has 0 aliphatic carbocycles. The second-order valence-corrected chi connectivity index (χ2v) is 5.08. The van der Waals surface area contributed by atoms with Gasteiger partial charge in [0.05, 0.1) is 17.6 Å². The summed E-state index contributed by atoms with van der Waals surface area (Å²) >= 11 is 0. The molecule has 1 aromatic heterocycles. The first-order chi connectivity index (χ1) is 8.97. The van der Waals surface area contributed by atoms with E-state index in [-0.39, 0.29) is 5.56 Å². The lowest BCUT2D eigenvalue weighted by Crippen LogP contribution is -2.03. The van der Waals surface area contributed by atoms with Gasteiger partial charge in [0.15, 0.2) is 0 Å². The predicted octanol–water partition coefficient (Wildman–Crippen LogP) is 3.86. The zero-order chi connectivity index (χ0) is 14.0. The van der Waals surface area contributed by atoms with Gasteiger partial charge in [-0.25, -0.2) is 4.79 Å². The van der Waals surface area contributed by atoms with E-state index >= 15 is 0 Å². The smallest absolute Gasteiger partial charge is 0.335 e. The van der Waals surface area contributed by atoms with E-state index in [0.29, 0.717) is 23.9 Å². The van der Waals surface area contributed by atoms with Crippen molar-refractivity contribution >= 4 is 16.9 Å². The van der Waals surface area contributed by atoms with Crippen LogP contribution in [0.15, 0.2) is 22.6 Å². The number of carboxylic acid groups (broad SMARTS) is 1. The molecule has 1 aromatic carbocycles. The van der Waals surface area contributed by atoms with Crippen LogP contribution in [0.1, 0.15) is 36.4 Å². The van der Waals surface area contributed by atoms with Crippen molar-refractivity contribution in [2.24, 2.45) is 5.92 Å². The quantitative estimate of drug-likeness (QED) is 0.888. The van der Waals surface area contributed by atoms with Gasteiger partial charge < -0.3 is 14.3 Å². The van der Waals surface area contributed by atoms with Crippen LogP contribution in [0.25, 0.3) is 11.0 Å². The molecule has 4 nitrogen and oxygen atoms in total. The largest absolute Gasteiger partial charge is 0.493 e. The number of carboxylic acids is 1. The predicted molar refractivity (Wildman–Crippen MR) is 72.9 cm³/mol. The van der Waals surface area contributed by atoms with Crippen LogP contribution in [0, 0.1) is 12.8 Å². The fraction of sp³-hybridized carbons (Fsp3) is 0.400. The average molecular weight is 262 g/mol. The summed E-state index contributed by atoms with van der Waals surface area (Å²) < 4.78 is 11.2. The Bertz CT molecular complexity index is 595. The summed E-state index contributed by atoms with van der Waals surface area (Å²) in [7, 11) is 0. The number of furan rings is 1. The molecule has 19 heavy (non-hydrogen) atoms. The van der Waals surface area contributed by atoms with Crippen molar-refractivity contribution in [3.05, 3.63) is 29.5 Å². The molecule has 1 heterocycles. The fourth-order valence-electron chi connectivity index (χ4n) is 1.88. The van der Waals surface area contributed by atoms with Crippen LogP contribution in [-0.2, 0) is 0 Å². The highest BCUT2D eigenvalue weighted by Crippen LogP contribution is 2.30. The first-order valence-corrected chi connectivity index (χ1v) is 6.37. The summed E-state index contributed by atoms with van der Waals surface area (Å²) in [5, 5.41) is 9.92. The molecule has 0 atom stereocenters. The molecule has 0 aliphatic heterocycles. The Morgan fingerprint density at radius 2 is 2.11 bits per heavy atom. The molecule has 0 saturated carbocycles. The Labute approximate surface area is 112 Å². The Hall–Kier alpha value is -1.97. The normalized spacial score (nSPS) is 11.2. The lowest BCUT2D eigenvalue weighted by atomic mass is 10.1. The minimum absolute atomic E-state index is 0.182. The van der Waals surface area contributed by atoms with Gasteiger partial charge in [-0.1, -0.05) is 13.8 Å². The highest BCUT2D eigenvalue weighted by molar-refractivity contribution is 5.95. The number of aryl methyl sites for hydroxylation is 1. The zero-order valence-electron chi connectivity index (χ0n) is 11.4. The SMILES string of the molecule is Cc1cc2c(OCCC(C)C)cc(C(=O)O)cc2o1. The van der Waals surface area contributed by atoms with Gasteiger partial charge in [0.2, 0.25) is 0 Å². The van der Waals surface area contributed by atoms with Gasteiger partial charge in [0.25, 0.3) is 0 Å². The van der Waals surface area contributed by atoms with Crippen LogP contribution in [0.5, 0.6) is 5.75 Å². The molecule has 0 radical (unpaired) electrons. The lowest BCUT2D eigenvalue weighted by Gasteiger charge is -2.09. The summed E-state index contributed by atoms with van der Waals surface area (Å²) in [4.78, 5) is 11.1. The molecule has 1 N–H and O–H groups in total. The van der Waals surface area contributed by atoms with E-state index in [9.17, 15) is 4.79 Å². The second kappa shape index (κ2) is 5.34. The number of fused-ring (bicyclic) bond motifs is 1. The van der Waals surface area contributed by atoms with Crippen molar-refractivity contribution in [2.75, 3.05) is 6.61 Å². The van der Waals surface area contributed by atoms with Crippen molar-refractivity contribution in [1.29, 1.82) is 0 Å². The standard InChI is InChI=1S/C15H18O4/c1-9(2)4-5-18-13-7-11(15(16)17)8-14-12(13)6-10(3)19-14/h6-9H,4-5H2,1-3H3,(H,16,17). The molecular formula is C15H18O4. The molecule has 102 valence electrons. The summed E-state index contributed by atoms with van der Waals surface area (Å²) in [6, 6.07) is 4.95. The Morgan fingerprint density at radius 3 is 2.74 bits per heavy atom. The van der Waals surface area contributed by atoms with Crippen LogP contribution in [0.3, 0.4) is 0 Å². The average Bonchev–Trinajstić information content (AvgIpc) is 2.68. The number of hydrogen-bond acceptors (Lipinski definition) is 3. The molecule has 4 heteroatoms. The molecule has 2 aromatic rings. The first-order valence-electron chi connectivity index (χ1n) is 6.37. The van der Waals surface area contributed by atoms with Gasteiger partial charge >= 0.3 is 5.97 Å². The van der Waals surface area contributed by atoms with Gasteiger partial charge in [-0.15, -0.1) is 0 Å².